The fourth-order valence-corrected chi connectivity index (χ4v) is 2.34. The highest BCUT2D eigenvalue weighted by Gasteiger charge is 2.04. The topological polar surface area (TPSA) is 79.6 Å². The average molecular weight is 320 g/mol. The van der Waals surface area contributed by atoms with Gasteiger partial charge >= 0.3 is 0 Å². The van der Waals surface area contributed by atoms with E-state index in [1.807, 2.05) is 24.4 Å². The van der Waals surface area contributed by atoms with Gasteiger partial charge in [0.2, 0.25) is 0 Å². The Hall–Kier alpha value is -2.32. The number of hydrogen-bond donors (Lipinski definition) is 2. The van der Waals surface area contributed by atoms with Crippen LogP contribution in [0.1, 0.15) is 11.8 Å². The second-order valence-electron chi connectivity index (χ2n) is 4.04. The van der Waals surface area contributed by atoms with E-state index in [0.717, 1.165) is 10.6 Å². The number of hydrogen-bond acceptors (Lipinski definition) is 5. The molecule has 2 N–H and O–H groups in total. The highest BCUT2D eigenvalue weighted by atomic mass is 32.1. The van der Waals surface area contributed by atoms with Crippen molar-refractivity contribution in [1.29, 1.82) is 0 Å². The number of nitro groups is 1. The van der Waals surface area contributed by atoms with E-state index in [-0.39, 0.29) is 5.69 Å². The Balaban J connectivity index is 1.92. The zero-order valence-electron chi connectivity index (χ0n) is 11.1. The van der Waals surface area contributed by atoms with Gasteiger partial charge in [0.25, 0.3) is 5.69 Å². The molecule has 0 atom stereocenters. The fourth-order valence-electron chi connectivity index (χ4n) is 1.50. The predicted octanol–water partition coefficient (Wildman–Crippen LogP) is 3.37. The molecule has 0 fully saturated rings. The molecule has 0 spiro atoms. The Morgan fingerprint density at radius 1 is 1.33 bits per heavy atom. The van der Waals surface area contributed by atoms with Crippen LogP contribution >= 0.6 is 23.6 Å². The molecule has 1 aromatic carbocycles. The molecule has 0 radical (unpaired) electrons. The van der Waals surface area contributed by atoms with Crippen LogP contribution in [0.25, 0.3) is 0 Å². The first-order valence-electron chi connectivity index (χ1n) is 5.96. The van der Waals surface area contributed by atoms with Crippen LogP contribution in [-0.4, -0.2) is 15.7 Å². The number of anilines is 1. The van der Waals surface area contributed by atoms with E-state index < -0.39 is 4.92 Å². The van der Waals surface area contributed by atoms with Crippen molar-refractivity contribution in [3.8, 4) is 0 Å². The van der Waals surface area contributed by atoms with Crippen LogP contribution in [-0.2, 0) is 0 Å². The van der Waals surface area contributed by atoms with Crippen LogP contribution < -0.4 is 10.7 Å². The van der Waals surface area contributed by atoms with Gasteiger partial charge in [-0.2, -0.15) is 5.10 Å². The number of nitrogens with zero attached hydrogens (tertiary/aromatic N) is 2. The molecular formula is C13H12N4O2S2. The molecule has 0 amide bonds. The highest BCUT2D eigenvalue weighted by Crippen LogP contribution is 2.15. The largest absolute Gasteiger partial charge is 0.331 e. The number of non-ortho nitro benzene ring substituents is 1. The number of benzene rings is 1. The van der Waals surface area contributed by atoms with E-state index in [1.54, 1.807) is 23.5 Å². The number of thiocarbonyl (C=S) groups is 1. The average Bonchev–Trinajstić information content (AvgIpc) is 2.99. The molecule has 0 aliphatic carbocycles. The summed E-state index contributed by atoms with van der Waals surface area (Å²) in [5, 5.41) is 19.9. The normalized spacial score (nSPS) is 11.0. The summed E-state index contributed by atoms with van der Waals surface area (Å²) in [5.41, 5.74) is 4.26. The van der Waals surface area contributed by atoms with E-state index in [0.29, 0.717) is 10.8 Å². The smallest absolute Gasteiger partial charge is 0.269 e. The summed E-state index contributed by atoms with van der Waals surface area (Å²) in [4.78, 5) is 11.2. The minimum atomic E-state index is -0.449. The summed E-state index contributed by atoms with van der Waals surface area (Å²) in [6, 6.07) is 9.91. The summed E-state index contributed by atoms with van der Waals surface area (Å²) >= 11 is 6.70. The second-order valence-corrected chi connectivity index (χ2v) is 5.40. The van der Waals surface area contributed by atoms with Crippen LogP contribution in [0.2, 0.25) is 0 Å². The molecule has 0 saturated carbocycles. The van der Waals surface area contributed by atoms with Crippen LogP contribution in [0.4, 0.5) is 11.4 Å². The summed E-state index contributed by atoms with van der Waals surface area (Å²) in [7, 11) is 0. The van der Waals surface area contributed by atoms with Crippen molar-refractivity contribution in [3.63, 3.8) is 0 Å². The van der Waals surface area contributed by atoms with Crippen molar-refractivity contribution >= 4 is 45.8 Å². The molecular weight excluding hydrogens is 308 g/mol. The van der Waals surface area contributed by atoms with E-state index in [4.69, 9.17) is 12.2 Å². The van der Waals surface area contributed by atoms with Crippen LogP contribution in [0.3, 0.4) is 0 Å². The summed E-state index contributed by atoms with van der Waals surface area (Å²) in [5.74, 6) is 0. The van der Waals surface area contributed by atoms with Crippen LogP contribution in [0, 0.1) is 10.1 Å². The zero-order chi connectivity index (χ0) is 15.2. The quantitative estimate of drug-likeness (QED) is 0.391. The lowest BCUT2D eigenvalue weighted by Crippen LogP contribution is -2.24. The second kappa shape index (κ2) is 6.91. The van der Waals surface area contributed by atoms with Gasteiger partial charge in [0, 0.05) is 22.7 Å². The van der Waals surface area contributed by atoms with Gasteiger partial charge in [-0.1, -0.05) is 6.07 Å². The lowest BCUT2D eigenvalue weighted by molar-refractivity contribution is -0.384. The number of nitrogens with one attached hydrogen (secondary N) is 2. The first-order chi connectivity index (χ1) is 10.1. The minimum absolute atomic E-state index is 0.0333. The molecule has 8 heteroatoms. The molecule has 0 saturated heterocycles. The van der Waals surface area contributed by atoms with Gasteiger partial charge in [-0.15, -0.1) is 11.3 Å². The molecule has 0 aliphatic rings. The van der Waals surface area contributed by atoms with E-state index in [2.05, 4.69) is 15.8 Å². The van der Waals surface area contributed by atoms with Gasteiger partial charge in [0.05, 0.1) is 10.6 Å². The SMILES string of the molecule is C/C(=N/NC(=S)Nc1ccc([N+](=O)[O-])cc1)c1cccs1. The first-order valence-corrected chi connectivity index (χ1v) is 7.24. The number of hydrazone groups is 1. The molecule has 1 heterocycles. The van der Waals surface area contributed by atoms with Gasteiger partial charge in [0.15, 0.2) is 5.11 Å². The van der Waals surface area contributed by atoms with Gasteiger partial charge in [-0.05, 0) is 42.7 Å². The van der Waals surface area contributed by atoms with Crippen molar-refractivity contribution in [2.24, 2.45) is 5.10 Å². The summed E-state index contributed by atoms with van der Waals surface area (Å²) in [6.07, 6.45) is 0. The third-order valence-electron chi connectivity index (χ3n) is 2.54. The maximum Gasteiger partial charge on any atom is 0.269 e. The highest BCUT2D eigenvalue weighted by molar-refractivity contribution is 7.80. The minimum Gasteiger partial charge on any atom is -0.331 e. The van der Waals surface area contributed by atoms with Crippen molar-refractivity contribution in [2.75, 3.05) is 5.32 Å². The molecule has 0 unspecified atom stereocenters. The molecule has 0 aliphatic heterocycles. The lowest BCUT2D eigenvalue weighted by Gasteiger charge is -2.07. The monoisotopic (exact) mass is 320 g/mol. The van der Waals surface area contributed by atoms with E-state index in [9.17, 15) is 10.1 Å². The number of nitro benzene ring substituents is 1. The maximum absolute atomic E-state index is 10.6. The molecule has 108 valence electrons. The number of rotatable bonds is 4. The van der Waals surface area contributed by atoms with E-state index >= 15 is 0 Å². The van der Waals surface area contributed by atoms with Gasteiger partial charge in [-0.25, -0.2) is 0 Å². The van der Waals surface area contributed by atoms with Crippen LogP contribution in [0.5, 0.6) is 0 Å². The van der Waals surface area contributed by atoms with E-state index in [1.165, 1.54) is 12.1 Å². The van der Waals surface area contributed by atoms with Crippen molar-refractivity contribution in [1.82, 2.24) is 5.43 Å². The van der Waals surface area contributed by atoms with Crippen LogP contribution in [0.15, 0.2) is 46.9 Å². The molecule has 1 aromatic heterocycles. The molecule has 2 aromatic rings. The standard InChI is InChI=1S/C13H12N4O2S2/c1-9(12-3-2-8-21-12)15-16-13(20)14-10-4-6-11(7-5-10)17(18)19/h2-8H,1H3,(H2,14,16,20)/b15-9-. The molecule has 6 nitrogen and oxygen atoms in total. The Bertz CT molecular complexity index is 666. The molecule has 0 bridgehead atoms. The summed E-state index contributed by atoms with van der Waals surface area (Å²) in [6.45, 7) is 1.88. The Labute approximate surface area is 130 Å². The third-order valence-corrected chi connectivity index (χ3v) is 3.71. The predicted molar refractivity (Wildman–Crippen MR) is 89.0 cm³/mol. The van der Waals surface area contributed by atoms with Gasteiger partial charge < -0.3 is 5.32 Å². The molecule has 21 heavy (non-hydrogen) atoms. The lowest BCUT2D eigenvalue weighted by atomic mass is 10.3. The van der Waals surface area contributed by atoms with Crippen molar-refractivity contribution < 1.29 is 4.92 Å². The third kappa shape index (κ3) is 4.33. The van der Waals surface area contributed by atoms with Crippen molar-refractivity contribution in [3.05, 3.63) is 56.8 Å². The zero-order valence-corrected chi connectivity index (χ0v) is 12.7. The van der Waals surface area contributed by atoms with Gasteiger partial charge in [-0.3, -0.25) is 15.5 Å². The molecule has 2 rings (SSSR count). The Morgan fingerprint density at radius 3 is 2.62 bits per heavy atom. The Morgan fingerprint density at radius 2 is 2.05 bits per heavy atom. The van der Waals surface area contributed by atoms with Crippen molar-refractivity contribution in [2.45, 2.75) is 6.92 Å². The Kier molecular flexibility index (Phi) is 4.96. The van der Waals surface area contributed by atoms with Gasteiger partial charge in [0.1, 0.15) is 0 Å². The first kappa shape index (κ1) is 15.1. The summed E-state index contributed by atoms with van der Waals surface area (Å²) < 4.78 is 0. The maximum atomic E-state index is 10.6. The number of thiophene rings is 1. The fraction of sp³-hybridized carbons (Fsp3) is 0.0769.